The molecule has 1 aromatic rings. The van der Waals surface area contributed by atoms with Crippen LogP contribution in [0.2, 0.25) is 0 Å². The second-order valence-electron chi connectivity index (χ2n) is 4.96. The van der Waals surface area contributed by atoms with Crippen LogP contribution in [-0.2, 0) is 4.79 Å². The molecule has 0 radical (unpaired) electrons. The van der Waals surface area contributed by atoms with Gasteiger partial charge in [0.05, 0.1) is 11.4 Å². The van der Waals surface area contributed by atoms with Crippen molar-refractivity contribution in [3.63, 3.8) is 0 Å². The Kier molecular flexibility index (Phi) is 5.03. The third kappa shape index (κ3) is 3.98. The van der Waals surface area contributed by atoms with E-state index in [4.69, 9.17) is 0 Å². The highest BCUT2D eigenvalue weighted by atomic mass is 32.2. The van der Waals surface area contributed by atoms with Gasteiger partial charge in [0.25, 0.3) is 5.91 Å². The summed E-state index contributed by atoms with van der Waals surface area (Å²) in [5.74, 6) is 0.311. The van der Waals surface area contributed by atoms with Crippen LogP contribution in [-0.4, -0.2) is 49.7 Å². The van der Waals surface area contributed by atoms with Crippen molar-refractivity contribution in [1.29, 1.82) is 0 Å². The van der Waals surface area contributed by atoms with E-state index in [2.05, 4.69) is 15.5 Å². The quantitative estimate of drug-likeness (QED) is 0.806. The van der Waals surface area contributed by atoms with Gasteiger partial charge in [-0.1, -0.05) is 0 Å². The average Bonchev–Trinajstić information content (AvgIpc) is 2.42. The highest BCUT2D eigenvalue weighted by molar-refractivity contribution is 8.00. The van der Waals surface area contributed by atoms with E-state index in [1.165, 1.54) is 11.8 Å². The second kappa shape index (κ2) is 6.76. The minimum atomic E-state index is -0.101. The van der Waals surface area contributed by atoms with Gasteiger partial charge in [0, 0.05) is 17.0 Å². The average molecular weight is 293 g/mol. The number of benzene rings is 1. The zero-order valence-electron chi connectivity index (χ0n) is 11.7. The van der Waals surface area contributed by atoms with Crippen LogP contribution in [0.25, 0.3) is 0 Å². The first-order valence-corrected chi connectivity index (χ1v) is 7.54. The highest BCUT2D eigenvalue weighted by Crippen LogP contribution is 2.31. The summed E-state index contributed by atoms with van der Waals surface area (Å²) in [4.78, 5) is 26.4. The number of rotatable bonds is 5. The molecule has 108 valence electrons. The van der Waals surface area contributed by atoms with E-state index in [0.717, 1.165) is 23.5 Å². The maximum Gasteiger partial charge on any atom is 0.251 e. The van der Waals surface area contributed by atoms with Crippen LogP contribution in [0.3, 0.4) is 0 Å². The topological polar surface area (TPSA) is 61.4 Å². The fourth-order valence-corrected chi connectivity index (χ4v) is 2.71. The molecule has 2 N–H and O–H groups in total. The van der Waals surface area contributed by atoms with Crippen molar-refractivity contribution in [2.45, 2.75) is 11.3 Å². The lowest BCUT2D eigenvalue weighted by Gasteiger charge is -2.17. The molecular formula is C14H19N3O2S. The Morgan fingerprint density at radius 2 is 2.25 bits per heavy atom. The van der Waals surface area contributed by atoms with Crippen molar-refractivity contribution >= 4 is 29.3 Å². The maximum absolute atomic E-state index is 12.0. The van der Waals surface area contributed by atoms with Gasteiger partial charge in [-0.3, -0.25) is 9.59 Å². The van der Waals surface area contributed by atoms with Crippen molar-refractivity contribution in [1.82, 2.24) is 10.2 Å². The summed E-state index contributed by atoms with van der Waals surface area (Å²) in [6.07, 6.45) is 0.913. The molecule has 0 bridgehead atoms. The standard InChI is InChI=1S/C14H19N3O2S/c1-17(2)7-3-6-15-14(19)10-4-5-12-11(8-10)16-13(18)9-20-12/h4-5,8H,3,6-7,9H2,1-2H3,(H,15,19)(H,16,18). The summed E-state index contributed by atoms with van der Waals surface area (Å²) in [6, 6.07) is 5.42. The first-order chi connectivity index (χ1) is 9.56. The van der Waals surface area contributed by atoms with Gasteiger partial charge in [-0.05, 0) is 45.3 Å². The minimum absolute atomic E-state index is 0.0222. The molecule has 2 rings (SSSR count). The Morgan fingerprint density at radius 1 is 1.45 bits per heavy atom. The van der Waals surface area contributed by atoms with E-state index in [1.807, 2.05) is 20.2 Å². The van der Waals surface area contributed by atoms with Gasteiger partial charge in [0.15, 0.2) is 0 Å². The molecule has 0 atom stereocenters. The summed E-state index contributed by atoms with van der Waals surface area (Å²) in [6.45, 7) is 1.59. The summed E-state index contributed by atoms with van der Waals surface area (Å²) in [7, 11) is 4.01. The number of hydrogen-bond acceptors (Lipinski definition) is 4. The van der Waals surface area contributed by atoms with Crippen LogP contribution < -0.4 is 10.6 Å². The molecule has 2 amide bonds. The molecule has 0 unspecified atom stereocenters. The van der Waals surface area contributed by atoms with Gasteiger partial charge in [-0.2, -0.15) is 0 Å². The van der Waals surface area contributed by atoms with E-state index >= 15 is 0 Å². The molecule has 0 saturated heterocycles. The number of amides is 2. The molecule has 20 heavy (non-hydrogen) atoms. The summed E-state index contributed by atoms with van der Waals surface area (Å²) in [5, 5.41) is 5.68. The zero-order valence-corrected chi connectivity index (χ0v) is 12.5. The summed E-state index contributed by atoms with van der Waals surface area (Å²) < 4.78 is 0. The predicted molar refractivity (Wildman–Crippen MR) is 81.3 cm³/mol. The zero-order chi connectivity index (χ0) is 14.5. The van der Waals surface area contributed by atoms with Gasteiger partial charge in [-0.25, -0.2) is 0 Å². The van der Waals surface area contributed by atoms with Gasteiger partial charge < -0.3 is 15.5 Å². The molecule has 5 nitrogen and oxygen atoms in total. The Bertz CT molecular complexity index is 517. The number of carbonyl (C=O) groups is 2. The molecule has 0 aliphatic carbocycles. The number of nitrogens with one attached hydrogen (secondary N) is 2. The van der Waals surface area contributed by atoms with E-state index < -0.39 is 0 Å². The predicted octanol–water partition coefficient (Wildman–Crippen LogP) is 1.41. The van der Waals surface area contributed by atoms with Crippen LogP contribution in [0.5, 0.6) is 0 Å². The van der Waals surface area contributed by atoms with E-state index in [0.29, 0.717) is 17.9 Å². The Balaban J connectivity index is 1.93. The van der Waals surface area contributed by atoms with Gasteiger partial charge in [-0.15, -0.1) is 11.8 Å². The number of anilines is 1. The summed E-state index contributed by atoms with van der Waals surface area (Å²) >= 11 is 1.49. The number of hydrogen-bond donors (Lipinski definition) is 2. The molecule has 1 aliphatic rings. The molecule has 1 heterocycles. The highest BCUT2D eigenvalue weighted by Gasteiger charge is 2.17. The van der Waals surface area contributed by atoms with Gasteiger partial charge >= 0.3 is 0 Å². The fourth-order valence-electron chi connectivity index (χ4n) is 1.92. The molecular weight excluding hydrogens is 274 g/mol. The number of fused-ring (bicyclic) bond motifs is 1. The van der Waals surface area contributed by atoms with Gasteiger partial charge in [0.2, 0.25) is 5.91 Å². The number of thioether (sulfide) groups is 1. The van der Waals surface area contributed by atoms with Crippen LogP contribution in [0.15, 0.2) is 23.1 Å². The Morgan fingerprint density at radius 3 is 3.00 bits per heavy atom. The van der Waals surface area contributed by atoms with Crippen molar-refractivity contribution in [3.8, 4) is 0 Å². The van der Waals surface area contributed by atoms with Crippen molar-refractivity contribution in [2.24, 2.45) is 0 Å². The van der Waals surface area contributed by atoms with Crippen molar-refractivity contribution in [2.75, 3.05) is 38.3 Å². The maximum atomic E-state index is 12.0. The van der Waals surface area contributed by atoms with E-state index in [-0.39, 0.29) is 11.8 Å². The van der Waals surface area contributed by atoms with Crippen LogP contribution >= 0.6 is 11.8 Å². The Hall–Kier alpha value is -1.53. The number of carbonyl (C=O) groups excluding carboxylic acids is 2. The normalized spacial score (nSPS) is 13.8. The molecule has 1 aliphatic heterocycles. The smallest absolute Gasteiger partial charge is 0.251 e. The molecule has 6 heteroatoms. The third-order valence-corrected chi connectivity index (χ3v) is 4.02. The van der Waals surface area contributed by atoms with Crippen LogP contribution in [0.1, 0.15) is 16.8 Å². The van der Waals surface area contributed by atoms with Crippen LogP contribution in [0.4, 0.5) is 5.69 Å². The molecule has 1 aromatic carbocycles. The first kappa shape index (κ1) is 14.9. The van der Waals surface area contributed by atoms with Crippen molar-refractivity contribution < 1.29 is 9.59 Å². The SMILES string of the molecule is CN(C)CCCNC(=O)c1ccc2c(c1)NC(=O)CS2. The summed E-state index contributed by atoms with van der Waals surface area (Å²) in [5.41, 5.74) is 1.31. The molecule has 0 saturated carbocycles. The molecule has 0 spiro atoms. The minimum Gasteiger partial charge on any atom is -0.352 e. The molecule has 0 fully saturated rings. The van der Waals surface area contributed by atoms with E-state index in [9.17, 15) is 9.59 Å². The van der Waals surface area contributed by atoms with Crippen molar-refractivity contribution in [3.05, 3.63) is 23.8 Å². The fraction of sp³-hybridized carbons (Fsp3) is 0.429. The first-order valence-electron chi connectivity index (χ1n) is 6.56. The monoisotopic (exact) mass is 293 g/mol. The lowest BCUT2D eigenvalue weighted by atomic mass is 10.2. The lowest BCUT2D eigenvalue weighted by Crippen LogP contribution is -2.27. The lowest BCUT2D eigenvalue weighted by molar-refractivity contribution is -0.113. The Labute approximate surface area is 123 Å². The van der Waals surface area contributed by atoms with E-state index in [1.54, 1.807) is 12.1 Å². The number of nitrogens with zero attached hydrogens (tertiary/aromatic N) is 1. The van der Waals surface area contributed by atoms with Gasteiger partial charge in [0.1, 0.15) is 0 Å². The molecule has 0 aromatic heterocycles. The third-order valence-electron chi connectivity index (χ3n) is 2.94. The van der Waals surface area contributed by atoms with Crippen LogP contribution in [0, 0.1) is 0 Å². The largest absolute Gasteiger partial charge is 0.352 e. The second-order valence-corrected chi connectivity index (χ2v) is 5.98.